The molecule has 0 N–H and O–H groups in total. The summed E-state index contributed by atoms with van der Waals surface area (Å²) in [7, 11) is 0. The van der Waals surface area contributed by atoms with E-state index in [1.165, 1.54) is 32.7 Å². The molecule has 0 saturated carbocycles. The molecular weight excluding hydrogens is 558 g/mol. The van der Waals surface area contributed by atoms with Crippen molar-refractivity contribution >= 4 is 60.5 Å². The Labute approximate surface area is 267 Å². The minimum absolute atomic E-state index is 0.908. The molecule has 9 aromatic rings. The van der Waals surface area contributed by atoms with Gasteiger partial charge < -0.3 is 9.32 Å². The normalized spacial score (nSPS) is 11.5. The molecule has 8 aromatic carbocycles. The summed E-state index contributed by atoms with van der Waals surface area (Å²) in [6.45, 7) is 0. The summed E-state index contributed by atoms with van der Waals surface area (Å²) >= 11 is 0. The maximum absolute atomic E-state index is 6.43. The van der Waals surface area contributed by atoms with Gasteiger partial charge in [0.05, 0.1) is 0 Å². The van der Waals surface area contributed by atoms with Gasteiger partial charge in [-0.2, -0.15) is 0 Å². The topological polar surface area (TPSA) is 16.4 Å². The number of para-hydroxylation sites is 2. The van der Waals surface area contributed by atoms with Crippen LogP contribution >= 0.6 is 0 Å². The van der Waals surface area contributed by atoms with Crippen molar-refractivity contribution in [3.05, 3.63) is 176 Å². The van der Waals surface area contributed by atoms with Gasteiger partial charge in [0.25, 0.3) is 0 Å². The third kappa shape index (κ3) is 4.43. The van der Waals surface area contributed by atoms with Gasteiger partial charge in [-0.3, -0.25) is 0 Å². The van der Waals surface area contributed by atoms with E-state index in [2.05, 4.69) is 169 Å². The van der Waals surface area contributed by atoms with E-state index < -0.39 is 0 Å². The standard InChI is InChI=1S/C44H29NO/c1-2-12-33-28-37(27-22-30(33)10-1)45(35-25-23-32(24-26-35)39-18-8-13-31-11-3-4-16-38(31)39)36-15-7-14-34(29-36)40-19-9-20-42-41-17-5-6-21-43(41)46-44(40)42/h1-29H. The van der Waals surface area contributed by atoms with Gasteiger partial charge in [0.2, 0.25) is 0 Å². The predicted octanol–water partition coefficient (Wildman–Crippen LogP) is 12.7. The lowest BCUT2D eigenvalue weighted by Gasteiger charge is -2.26. The van der Waals surface area contributed by atoms with Crippen molar-refractivity contribution in [1.29, 1.82) is 0 Å². The maximum Gasteiger partial charge on any atom is 0.143 e. The number of hydrogen-bond donors (Lipinski definition) is 0. The Balaban J connectivity index is 1.19. The van der Waals surface area contributed by atoms with Crippen molar-refractivity contribution in [2.24, 2.45) is 0 Å². The van der Waals surface area contributed by atoms with Crippen molar-refractivity contribution in [2.45, 2.75) is 0 Å². The second kappa shape index (κ2) is 10.8. The van der Waals surface area contributed by atoms with Gasteiger partial charge in [-0.1, -0.05) is 133 Å². The fourth-order valence-corrected chi connectivity index (χ4v) is 6.82. The highest BCUT2D eigenvalue weighted by molar-refractivity contribution is 6.09. The van der Waals surface area contributed by atoms with E-state index in [1.807, 2.05) is 12.1 Å². The molecule has 2 nitrogen and oxygen atoms in total. The Bertz CT molecular complexity index is 2530. The number of furan rings is 1. The van der Waals surface area contributed by atoms with Crippen molar-refractivity contribution in [3.63, 3.8) is 0 Å². The summed E-state index contributed by atoms with van der Waals surface area (Å²) in [6, 6.07) is 62.8. The average molecular weight is 588 g/mol. The van der Waals surface area contributed by atoms with Crippen LogP contribution in [0.4, 0.5) is 17.1 Å². The number of nitrogens with zero attached hydrogens (tertiary/aromatic N) is 1. The highest BCUT2D eigenvalue weighted by Gasteiger charge is 2.17. The smallest absolute Gasteiger partial charge is 0.143 e. The van der Waals surface area contributed by atoms with Crippen LogP contribution in [0.25, 0.3) is 65.7 Å². The molecule has 0 bridgehead atoms. The highest BCUT2D eigenvalue weighted by atomic mass is 16.3. The Morgan fingerprint density at radius 3 is 1.87 bits per heavy atom. The second-order valence-electron chi connectivity index (χ2n) is 11.8. The van der Waals surface area contributed by atoms with Gasteiger partial charge in [0.1, 0.15) is 11.2 Å². The lowest BCUT2D eigenvalue weighted by Crippen LogP contribution is -2.10. The van der Waals surface area contributed by atoms with Crippen molar-refractivity contribution in [1.82, 2.24) is 0 Å². The van der Waals surface area contributed by atoms with E-state index in [9.17, 15) is 0 Å². The molecule has 0 aliphatic rings. The summed E-state index contributed by atoms with van der Waals surface area (Å²) in [5.41, 5.74) is 9.74. The zero-order valence-electron chi connectivity index (χ0n) is 25.1. The lowest BCUT2D eigenvalue weighted by atomic mass is 9.98. The van der Waals surface area contributed by atoms with Crippen molar-refractivity contribution in [3.8, 4) is 22.3 Å². The van der Waals surface area contributed by atoms with Gasteiger partial charge in [-0.25, -0.2) is 0 Å². The minimum Gasteiger partial charge on any atom is -0.455 e. The minimum atomic E-state index is 0.908. The van der Waals surface area contributed by atoms with Crippen LogP contribution in [-0.2, 0) is 0 Å². The van der Waals surface area contributed by atoms with E-state index in [0.717, 1.165) is 50.1 Å². The van der Waals surface area contributed by atoms with E-state index in [0.29, 0.717) is 0 Å². The van der Waals surface area contributed by atoms with E-state index in [-0.39, 0.29) is 0 Å². The van der Waals surface area contributed by atoms with Gasteiger partial charge in [-0.05, 0) is 80.7 Å². The number of benzene rings is 8. The third-order valence-corrected chi connectivity index (χ3v) is 9.04. The van der Waals surface area contributed by atoms with Crippen LogP contribution in [0.3, 0.4) is 0 Å². The van der Waals surface area contributed by atoms with Gasteiger partial charge >= 0.3 is 0 Å². The van der Waals surface area contributed by atoms with Crippen LogP contribution in [0, 0.1) is 0 Å². The molecule has 0 aliphatic carbocycles. The first-order valence-electron chi connectivity index (χ1n) is 15.7. The van der Waals surface area contributed by atoms with E-state index >= 15 is 0 Å². The van der Waals surface area contributed by atoms with E-state index in [4.69, 9.17) is 4.42 Å². The quantitative estimate of drug-likeness (QED) is 0.199. The van der Waals surface area contributed by atoms with Crippen LogP contribution < -0.4 is 4.90 Å². The van der Waals surface area contributed by atoms with Crippen LogP contribution in [0.15, 0.2) is 180 Å². The molecule has 2 heteroatoms. The number of hydrogen-bond acceptors (Lipinski definition) is 2. The molecule has 0 spiro atoms. The molecule has 0 atom stereocenters. The molecular formula is C44H29NO. The summed E-state index contributed by atoms with van der Waals surface area (Å²) in [4.78, 5) is 2.35. The number of rotatable bonds is 5. The molecule has 0 radical (unpaired) electrons. The van der Waals surface area contributed by atoms with Crippen LogP contribution in [0.5, 0.6) is 0 Å². The van der Waals surface area contributed by atoms with Crippen molar-refractivity contribution < 1.29 is 4.42 Å². The maximum atomic E-state index is 6.43. The van der Waals surface area contributed by atoms with Crippen LogP contribution in [-0.4, -0.2) is 0 Å². The molecule has 1 heterocycles. The van der Waals surface area contributed by atoms with Crippen LogP contribution in [0.2, 0.25) is 0 Å². The number of anilines is 3. The van der Waals surface area contributed by atoms with E-state index in [1.54, 1.807) is 0 Å². The monoisotopic (exact) mass is 587 g/mol. The molecule has 0 fully saturated rings. The highest BCUT2D eigenvalue weighted by Crippen LogP contribution is 2.41. The predicted molar refractivity (Wildman–Crippen MR) is 194 cm³/mol. The second-order valence-corrected chi connectivity index (χ2v) is 11.8. The van der Waals surface area contributed by atoms with Gasteiger partial charge in [0.15, 0.2) is 0 Å². The fraction of sp³-hybridized carbons (Fsp3) is 0. The summed E-state index contributed by atoms with van der Waals surface area (Å²) in [5.74, 6) is 0. The van der Waals surface area contributed by atoms with Crippen LogP contribution in [0.1, 0.15) is 0 Å². The SMILES string of the molecule is c1cc(-c2cccc3c2oc2ccccc23)cc(N(c2ccc(-c3cccc4ccccc34)cc2)c2ccc3ccccc3c2)c1. The Morgan fingerprint density at radius 2 is 0.978 bits per heavy atom. The molecule has 1 aromatic heterocycles. The molecule has 0 saturated heterocycles. The number of fused-ring (bicyclic) bond motifs is 5. The van der Waals surface area contributed by atoms with Gasteiger partial charge in [-0.15, -0.1) is 0 Å². The Kier molecular flexibility index (Phi) is 6.17. The fourth-order valence-electron chi connectivity index (χ4n) is 6.82. The first-order chi connectivity index (χ1) is 22.8. The molecule has 9 rings (SSSR count). The summed E-state index contributed by atoms with van der Waals surface area (Å²) in [6.07, 6.45) is 0. The largest absolute Gasteiger partial charge is 0.455 e. The Morgan fingerprint density at radius 1 is 0.348 bits per heavy atom. The van der Waals surface area contributed by atoms with Gasteiger partial charge in [0, 0.05) is 33.4 Å². The molecule has 216 valence electrons. The zero-order chi connectivity index (χ0) is 30.5. The summed E-state index contributed by atoms with van der Waals surface area (Å²) < 4.78 is 6.43. The molecule has 0 aliphatic heterocycles. The first kappa shape index (κ1) is 26.3. The molecule has 0 unspecified atom stereocenters. The van der Waals surface area contributed by atoms with Crippen molar-refractivity contribution in [2.75, 3.05) is 4.90 Å². The summed E-state index contributed by atoms with van der Waals surface area (Å²) in [5, 5.41) is 7.21. The molecule has 0 amide bonds. The first-order valence-corrected chi connectivity index (χ1v) is 15.7. The lowest BCUT2D eigenvalue weighted by molar-refractivity contribution is 0.670. The third-order valence-electron chi connectivity index (χ3n) is 9.04. The zero-order valence-corrected chi connectivity index (χ0v) is 25.1. The Hall–Kier alpha value is -6.12. The average Bonchev–Trinajstić information content (AvgIpc) is 3.51. The molecule has 46 heavy (non-hydrogen) atoms.